The summed E-state index contributed by atoms with van der Waals surface area (Å²) in [6.45, 7) is 1.18. The highest BCUT2D eigenvalue weighted by atomic mass is 35.5. The molecule has 20 heavy (non-hydrogen) atoms. The summed E-state index contributed by atoms with van der Waals surface area (Å²) in [5.41, 5.74) is -0.867. The lowest BCUT2D eigenvalue weighted by Crippen LogP contribution is -2.47. The molecule has 0 atom stereocenters. The zero-order valence-corrected chi connectivity index (χ0v) is 11.9. The second-order valence-corrected chi connectivity index (χ2v) is 5.29. The van der Waals surface area contributed by atoms with Crippen LogP contribution in [0, 0.1) is 0 Å². The molecule has 1 fully saturated rings. The van der Waals surface area contributed by atoms with Crippen LogP contribution in [0.4, 0.5) is 0 Å². The van der Waals surface area contributed by atoms with Crippen molar-refractivity contribution in [2.75, 3.05) is 26.4 Å². The van der Waals surface area contributed by atoms with Crippen LogP contribution in [0.1, 0.15) is 12.8 Å². The highest BCUT2D eigenvalue weighted by molar-refractivity contribution is 6.30. The van der Waals surface area contributed by atoms with Crippen LogP contribution < -0.4 is 10.1 Å². The second-order valence-electron chi connectivity index (χ2n) is 4.86. The van der Waals surface area contributed by atoms with Crippen molar-refractivity contribution in [3.8, 4) is 5.75 Å². The normalized spacial score (nSPS) is 17.5. The first-order chi connectivity index (χ1) is 9.57. The van der Waals surface area contributed by atoms with Crippen molar-refractivity contribution in [1.29, 1.82) is 0 Å². The minimum absolute atomic E-state index is 0.0891. The smallest absolute Gasteiger partial charge is 0.258 e. The van der Waals surface area contributed by atoms with Gasteiger partial charge in [0.1, 0.15) is 5.75 Å². The zero-order valence-electron chi connectivity index (χ0n) is 11.1. The summed E-state index contributed by atoms with van der Waals surface area (Å²) < 4.78 is 10.5. The van der Waals surface area contributed by atoms with Gasteiger partial charge in [0.25, 0.3) is 5.91 Å². The average molecular weight is 300 g/mol. The van der Waals surface area contributed by atoms with Crippen LogP contribution >= 0.6 is 11.6 Å². The van der Waals surface area contributed by atoms with E-state index in [-0.39, 0.29) is 19.1 Å². The van der Waals surface area contributed by atoms with Gasteiger partial charge in [-0.3, -0.25) is 4.79 Å². The van der Waals surface area contributed by atoms with Crippen LogP contribution in [0.25, 0.3) is 0 Å². The van der Waals surface area contributed by atoms with Crippen molar-refractivity contribution in [3.05, 3.63) is 29.3 Å². The van der Waals surface area contributed by atoms with E-state index in [1.807, 2.05) is 0 Å². The van der Waals surface area contributed by atoms with E-state index >= 15 is 0 Å². The minimum Gasteiger partial charge on any atom is -0.484 e. The highest BCUT2D eigenvalue weighted by Crippen LogP contribution is 2.19. The lowest BCUT2D eigenvalue weighted by atomic mass is 9.94. The van der Waals surface area contributed by atoms with Crippen LogP contribution in [0.3, 0.4) is 0 Å². The van der Waals surface area contributed by atoms with Crippen molar-refractivity contribution >= 4 is 17.5 Å². The Morgan fingerprint density at radius 2 is 2.00 bits per heavy atom. The fourth-order valence-corrected chi connectivity index (χ4v) is 2.05. The molecule has 1 aliphatic heterocycles. The van der Waals surface area contributed by atoms with Gasteiger partial charge in [0, 0.05) is 37.6 Å². The van der Waals surface area contributed by atoms with E-state index in [1.54, 1.807) is 24.3 Å². The number of rotatable bonds is 5. The zero-order chi connectivity index (χ0) is 14.4. The number of hydrogen-bond donors (Lipinski definition) is 2. The number of carbonyl (C=O) groups excluding carboxylic acids is 1. The van der Waals surface area contributed by atoms with E-state index < -0.39 is 5.60 Å². The number of halogens is 1. The molecule has 1 aromatic rings. The molecule has 0 spiro atoms. The quantitative estimate of drug-likeness (QED) is 0.862. The van der Waals surface area contributed by atoms with Crippen LogP contribution in [-0.2, 0) is 9.53 Å². The van der Waals surface area contributed by atoms with Gasteiger partial charge in [-0.05, 0) is 24.3 Å². The number of aliphatic hydroxyl groups is 1. The third kappa shape index (κ3) is 4.67. The lowest BCUT2D eigenvalue weighted by Gasteiger charge is -2.32. The molecular weight excluding hydrogens is 282 g/mol. The fraction of sp³-hybridized carbons (Fsp3) is 0.500. The maximum atomic E-state index is 11.7. The summed E-state index contributed by atoms with van der Waals surface area (Å²) >= 11 is 5.75. The van der Waals surface area contributed by atoms with Gasteiger partial charge in [-0.25, -0.2) is 0 Å². The van der Waals surface area contributed by atoms with E-state index in [4.69, 9.17) is 21.1 Å². The molecule has 1 heterocycles. The molecule has 1 saturated heterocycles. The van der Waals surface area contributed by atoms with Gasteiger partial charge in [-0.2, -0.15) is 0 Å². The van der Waals surface area contributed by atoms with Crippen molar-refractivity contribution in [1.82, 2.24) is 5.32 Å². The SMILES string of the molecule is O=C(COc1ccc(Cl)cc1)NCC1(O)CCOCC1. The molecule has 5 nitrogen and oxygen atoms in total. The molecule has 1 amide bonds. The molecule has 0 bridgehead atoms. The summed E-state index contributed by atoms with van der Waals surface area (Å²) in [5.74, 6) is 0.314. The molecule has 1 aromatic carbocycles. The van der Waals surface area contributed by atoms with E-state index in [0.29, 0.717) is 36.8 Å². The summed E-state index contributed by atoms with van der Waals surface area (Å²) in [4.78, 5) is 11.7. The van der Waals surface area contributed by atoms with Crippen LogP contribution in [0.2, 0.25) is 5.02 Å². The maximum Gasteiger partial charge on any atom is 0.258 e. The molecule has 0 unspecified atom stereocenters. The number of hydrogen-bond acceptors (Lipinski definition) is 4. The fourth-order valence-electron chi connectivity index (χ4n) is 1.92. The monoisotopic (exact) mass is 299 g/mol. The molecule has 2 rings (SSSR count). The second kappa shape index (κ2) is 6.92. The molecule has 2 N–H and O–H groups in total. The van der Waals surface area contributed by atoms with Crippen LogP contribution in [0.15, 0.2) is 24.3 Å². The average Bonchev–Trinajstić information content (AvgIpc) is 2.45. The Kier molecular flexibility index (Phi) is 5.23. The first-order valence-corrected chi connectivity index (χ1v) is 6.90. The number of ether oxygens (including phenoxy) is 2. The van der Waals surface area contributed by atoms with E-state index in [1.165, 1.54) is 0 Å². The molecule has 1 aliphatic rings. The summed E-state index contributed by atoms with van der Waals surface area (Å²) in [6.07, 6.45) is 1.07. The topological polar surface area (TPSA) is 67.8 Å². The Hall–Kier alpha value is -1.30. The Morgan fingerprint density at radius 3 is 2.65 bits per heavy atom. The molecule has 0 aromatic heterocycles. The van der Waals surface area contributed by atoms with Crippen molar-refractivity contribution in [2.24, 2.45) is 0 Å². The number of amides is 1. The molecule has 110 valence electrons. The largest absolute Gasteiger partial charge is 0.484 e. The van der Waals surface area contributed by atoms with Gasteiger partial charge in [0.05, 0.1) is 5.60 Å². The van der Waals surface area contributed by atoms with Crippen molar-refractivity contribution < 1.29 is 19.4 Å². The molecule has 0 saturated carbocycles. The Morgan fingerprint density at radius 1 is 1.35 bits per heavy atom. The summed E-state index contributed by atoms with van der Waals surface area (Å²) in [5, 5.41) is 13.5. The Bertz CT molecular complexity index is 443. The molecular formula is C14H18ClNO4. The first-order valence-electron chi connectivity index (χ1n) is 6.53. The van der Waals surface area contributed by atoms with E-state index in [9.17, 15) is 9.90 Å². The predicted molar refractivity (Wildman–Crippen MR) is 75.0 cm³/mol. The molecule has 0 aliphatic carbocycles. The van der Waals surface area contributed by atoms with E-state index in [2.05, 4.69) is 5.32 Å². The Balaban J connectivity index is 1.71. The van der Waals surface area contributed by atoms with Gasteiger partial charge in [-0.15, -0.1) is 0 Å². The maximum absolute atomic E-state index is 11.7. The standard InChI is InChI=1S/C14H18ClNO4/c15-11-1-3-12(4-2-11)20-9-13(17)16-10-14(18)5-7-19-8-6-14/h1-4,18H,5-10H2,(H,16,17). The van der Waals surface area contributed by atoms with Gasteiger partial charge < -0.3 is 19.9 Å². The first kappa shape index (κ1) is 15.1. The summed E-state index contributed by atoms with van der Waals surface area (Å²) in [7, 11) is 0. The number of nitrogens with one attached hydrogen (secondary N) is 1. The number of benzene rings is 1. The van der Waals surface area contributed by atoms with Crippen molar-refractivity contribution in [3.63, 3.8) is 0 Å². The van der Waals surface area contributed by atoms with Gasteiger partial charge in [0.2, 0.25) is 0 Å². The molecule has 6 heteroatoms. The number of carbonyl (C=O) groups is 1. The van der Waals surface area contributed by atoms with Gasteiger partial charge in [0.15, 0.2) is 6.61 Å². The molecule has 0 radical (unpaired) electrons. The predicted octanol–water partition coefficient (Wildman–Crippen LogP) is 1.38. The minimum atomic E-state index is -0.867. The van der Waals surface area contributed by atoms with Crippen molar-refractivity contribution in [2.45, 2.75) is 18.4 Å². The highest BCUT2D eigenvalue weighted by Gasteiger charge is 2.30. The summed E-state index contributed by atoms with van der Waals surface area (Å²) in [6, 6.07) is 6.78. The van der Waals surface area contributed by atoms with E-state index in [0.717, 1.165) is 0 Å². The van der Waals surface area contributed by atoms with Gasteiger partial charge >= 0.3 is 0 Å². The van der Waals surface area contributed by atoms with Gasteiger partial charge in [-0.1, -0.05) is 11.6 Å². The Labute approximate surface area is 122 Å². The lowest BCUT2D eigenvalue weighted by molar-refractivity contribution is -0.125. The van der Waals surface area contributed by atoms with Crippen LogP contribution in [0.5, 0.6) is 5.75 Å². The third-order valence-electron chi connectivity index (χ3n) is 3.22. The third-order valence-corrected chi connectivity index (χ3v) is 3.47. The van der Waals surface area contributed by atoms with Crippen LogP contribution in [-0.4, -0.2) is 43.0 Å².